The molecule has 1 aromatic carbocycles. The molecule has 0 amide bonds. The van der Waals surface area contributed by atoms with E-state index in [4.69, 9.17) is 11.6 Å². The molecule has 4 rings (SSSR count). The normalized spacial score (nSPS) is 11.8. The third-order valence-electron chi connectivity index (χ3n) is 4.20. The molecule has 3 aromatic heterocycles. The maximum Gasteiger partial charge on any atom is 0.182 e. The number of nitrogens with zero attached hydrogens (tertiary/aromatic N) is 3. The fraction of sp³-hybridized carbons (Fsp3) is 0.0526. The highest BCUT2D eigenvalue weighted by atomic mass is 79.9. The molecule has 0 bridgehead atoms. The summed E-state index contributed by atoms with van der Waals surface area (Å²) in [7, 11) is -3.71. The molecule has 28 heavy (non-hydrogen) atoms. The Balaban J connectivity index is 1.75. The Labute approximate surface area is 173 Å². The number of imidazole rings is 1. The monoisotopic (exact) mass is 479 g/mol. The van der Waals surface area contributed by atoms with Crippen molar-refractivity contribution in [2.75, 3.05) is 0 Å². The molecule has 0 saturated carbocycles. The maximum absolute atomic E-state index is 13.1. The molecule has 0 aliphatic carbocycles. The summed E-state index contributed by atoms with van der Waals surface area (Å²) in [6.45, 7) is 0. The van der Waals surface area contributed by atoms with Crippen LogP contribution in [0.5, 0.6) is 0 Å². The summed E-state index contributed by atoms with van der Waals surface area (Å²) >= 11 is 9.58. The lowest BCUT2D eigenvalue weighted by Crippen LogP contribution is -2.06. The molecule has 0 atom stereocenters. The Morgan fingerprint density at radius 2 is 1.82 bits per heavy atom. The summed E-state index contributed by atoms with van der Waals surface area (Å²) in [6.07, 6.45) is 5.12. The third kappa shape index (κ3) is 3.67. The number of pyridine rings is 2. The van der Waals surface area contributed by atoms with Gasteiger partial charge in [-0.3, -0.25) is 4.40 Å². The van der Waals surface area contributed by atoms with Gasteiger partial charge in [0.15, 0.2) is 9.84 Å². The Kier molecular flexibility index (Phi) is 4.95. The van der Waals surface area contributed by atoms with E-state index in [1.54, 1.807) is 18.5 Å². The van der Waals surface area contributed by atoms with Crippen molar-refractivity contribution in [3.8, 4) is 11.3 Å². The van der Waals surface area contributed by atoms with Gasteiger partial charge in [-0.05, 0) is 58.4 Å². The zero-order chi connectivity index (χ0) is 19.9. The highest BCUT2D eigenvalue weighted by Crippen LogP contribution is 2.28. The molecule has 0 radical (unpaired) electrons. The smallest absolute Gasteiger partial charge is 0.182 e. The molecule has 0 fully saturated rings. The van der Waals surface area contributed by atoms with E-state index in [2.05, 4.69) is 25.9 Å². The Morgan fingerprint density at radius 3 is 2.57 bits per heavy atom. The minimum atomic E-state index is -3.71. The molecule has 3 heterocycles. The van der Waals surface area contributed by atoms with Crippen LogP contribution in [0.4, 0.5) is 4.39 Å². The van der Waals surface area contributed by atoms with E-state index in [1.807, 2.05) is 22.7 Å². The van der Waals surface area contributed by atoms with Crippen molar-refractivity contribution < 1.29 is 12.8 Å². The predicted molar refractivity (Wildman–Crippen MR) is 108 cm³/mol. The largest absolute Gasteiger partial charge is 0.298 e. The quantitative estimate of drug-likeness (QED) is 0.307. The fourth-order valence-electron chi connectivity index (χ4n) is 2.83. The molecule has 0 unspecified atom stereocenters. The lowest BCUT2D eigenvalue weighted by molar-refractivity contribution is 0.594. The predicted octanol–water partition coefficient (Wildman–Crippen LogP) is 4.93. The minimum absolute atomic E-state index is 0.0223. The van der Waals surface area contributed by atoms with E-state index in [1.165, 1.54) is 12.1 Å². The third-order valence-corrected chi connectivity index (χ3v) is 6.69. The van der Waals surface area contributed by atoms with Gasteiger partial charge in [-0.2, -0.15) is 0 Å². The average molecular weight is 481 g/mol. The number of rotatable bonds is 4. The van der Waals surface area contributed by atoms with Crippen LogP contribution in [0.2, 0.25) is 5.15 Å². The zero-order valence-electron chi connectivity index (χ0n) is 14.2. The molecule has 0 saturated heterocycles. The van der Waals surface area contributed by atoms with E-state index in [9.17, 15) is 12.8 Å². The van der Waals surface area contributed by atoms with Crippen LogP contribution in [-0.2, 0) is 15.6 Å². The van der Waals surface area contributed by atoms with Gasteiger partial charge in [0.25, 0.3) is 0 Å². The first-order valence-electron chi connectivity index (χ1n) is 8.09. The van der Waals surface area contributed by atoms with Crippen LogP contribution < -0.4 is 0 Å². The molecule has 0 N–H and O–H groups in total. The van der Waals surface area contributed by atoms with Crippen molar-refractivity contribution in [1.29, 1.82) is 0 Å². The van der Waals surface area contributed by atoms with Crippen LogP contribution in [-0.4, -0.2) is 22.8 Å². The summed E-state index contributed by atoms with van der Waals surface area (Å²) in [6, 6.07) is 10.1. The summed E-state index contributed by atoms with van der Waals surface area (Å²) in [5.74, 6) is -0.849. The minimum Gasteiger partial charge on any atom is -0.298 e. The topological polar surface area (TPSA) is 64.3 Å². The Bertz CT molecular complexity index is 1290. The van der Waals surface area contributed by atoms with E-state index in [0.29, 0.717) is 11.1 Å². The van der Waals surface area contributed by atoms with Gasteiger partial charge in [-0.15, -0.1) is 0 Å². The van der Waals surface area contributed by atoms with Gasteiger partial charge in [0.2, 0.25) is 0 Å². The second-order valence-corrected chi connectivity index (χ2v) is 9.37. The number of fused-ring (bicyclic) bond motifs is 1. The summed E-state index contributed by atoms with van der Waals surface area (Å²) in [4.78, 5) is 8.51. The first-order valence-corrected chi connectivity index (χ1v) is 10.9. The number of aromatic nitrogens is 3. The molecule has 0 aliphatic heterocycles. The van der Waals surface area contributed by atoms with Crippen LogP contribution in [0.25, 0.3) is 16.9 Å². The lowest BCUT2D eigenvalue weighted by atomic mass is 10.2. The second-order valence-electron chi connectivity index (χ2n) is 6.11. The Morgan fingerprint density at radius 1 is 1.07 bits per heavy atom. The molecule has 9 heteroatoms. The highest BCUT2D eigenvalue weighted by Gasteiger charge is 2.19. The number of sulfone groups is 1. The van der Waals surface area contributed by atoms with Crippen molar-refractivity contribution >= 4 is 43.0 Å². The van der Waals surface area contributed by atoms with E-state index in [-0.39, 0.29) is 15.8 Å². The van der Waals surface area contributed by atoms with Crippen molar-refractivity contribution in [1.82, 2.24) is 14.4 Å². The molecular formula is C19H12BrClFN3O2S. The first kappa shape index (κ1) is 19.0. The van der Waals surface area contributed by atoms with Gasteiger partial charge < -0.3 is 0 Å². The van der Waals surface area contributed by atoms with Crippen molar-refractivity contribution in [3.05, 3.63) is 82.1 Å². The van der Waals surface area contributed by atoms with Crippen LogP contribution in [0.1, 0.15) is 5.56 Å². The Hall–Kier alpha value is -2.29. The summed E-state index contributed by atoms with van der Waals surface area (Å²) in [5, 5.41) is 0.101. The number of hydrogen-bond acceptors (Lipinski definition) is 4. The van der Waals surface area contributed by atoms with Gasteiger partial charge in [0.1, 0.15) is 16.6 Å². The fourth-order valence-corrected chi connectivity index (χ4v) is 4.77. The van der Waals surface area contributed by atoms with Crippen LogP contribution in [0, 0.1) is 5.82 Å². The highest BCUT2D eigenvalue weighted by molar-refractivity contribution is 9.10. The molecule has 0 aliphatic rings. The summed E-state index contributed by atoms with van der Waals surface area (Å²) in [5.41, 5.74) is 2.53. The molecular weight excluding hydrogens is 469 g/mol. The van der Waals surface area contributed by atoms with E-state index < -0.39 is 15.7 Å². The van der Waals surface area contributed by atoms with Crippen molar-refractivity contribution in [2.45, 2.75) is 10.6 Å². The van der Waals surface area contributed by atoms with Crippen molar-refractivity contribution in [2.24, 2.45) is 0 Å². The van der Waals surface area contributed by atoms with Gasteiger partial charge >= 0.3 is 0 Å². The standard InChI is InChI=1S/C19H12BrClFN3O2S/c20-14-1-6-18-23-9-17(25(18)10-14)12-7-13(19(21)24-8-12)11-28(26,27)16-4-2-15(22)3-5-16/h1-10H,11H2. The van der Waals surface area contributed by atoms with E-state index in [0.717, 1.165) is 27.9 Å². The van der Waals surface area contributed by atoms with Crippen LogP contribution >= 0.6 is 27.5 Å². The van der Waals surface area contributed by atoms with Gasteiger partial charge in [0, 0.05) is 28.0 Å². The van der Waals surface area contributed by atoms with Crippen LogP contribution in [0.3, 0.4) is 0 Å². The average Bonchev–Trinajstić information content (AvgIpc) is 3.07. The molecule has 5 nitrogen and oxygen atoms in total. The summed E-state index contributed by atoms with van der Waals surface area (Å²) < 4.78 is 41.2. The zero-order valence-corrected chi connectivity index (χ0v) is 17.3. The first-order chi connectivity index (χ1) is 13.3. The number of hydrogen-bond donors (Lipinski definition) is 0. The van der Waals surface area contributed by atoms with Gasteiger partial charge in [-0.25, -0.2) is 22.8 Å². The maximum atomic E-state index is 13.1. The molecule has 0 spiro atoms. The molecule has 142 valence electrons. The SMILES string of the molecule is O=S(=O)(Cc1cc(-c2cnc3ccc(Br)cn23)cnc1Cl)c1ccc(F)cc1. The number of halogens is 3. The number of benzene rings is 1. The van der Waals surface area contributed by atoms with E-state index >= 15 is 0 Å². The molecule has 4 aromatic rings. The van der Waals surface area contributed by atoms with Crippen molar-refractivity contribution in [3.63, 3.8) is 0 Å². The lowest BCUT2D eigenvalue weighted by Gasteiger charge is -2.09. The van der Waals surface area contributed by atoms with Gasteiger partial charge in [-0.1, -0.05) is 11.6 Å². The van der Waals surface area contributed by atoms with Gasteiger partial charge in [0.05, 0.1) is 22.5 Å². The second kappa shape index (κ2) is 7.27. The van der Waals surface area contributed by atoms with Crippen LogP contribution in [0.15, 0.2) is 70.4 Å².